The van der Waals surface area contributed by atoms with E-state index in [2.05, 4.69) is 0 Å². The molecule has 0 atom stereocenters. The molecule has 3 nitrogen and oxygen atoms in total. The zero-order valence-corrected chi connectivity index (χ0v) is 8.60. The van der Waals surface area contributed by atoms with E-state index in [4.69, 9.17) is 9.15 Å². The van der Waals surface area contributed by atoms with Gasteiger partial charge >= 0.3 is 5.63 Å². The maximum absolute atomic E-state index is 11.7. The van der Waals surface area contributed by atoms with Gasteiger partial charge in [-0.15, -0.1) is 0 Å². The van der Waals surface area contributed by atoms with E-state index >= 15 is 0 Å². The van der Waals surface area contributed by atoms with Crippen molar-refractivity contribution in [2.45, 2.75) is 6.42 Å². The molecule has 0 aliphatic carbocycles. The molecule has 0 amide bonds. The molecule has 0 unspecified atom stereocenters. The average molecular weight is 214 g/mol. The number of ether oxygens (including phenoxy) is 1. The highest BCUT2D eigenvalue weighted by atomic mass is 16.5. The van der Waals surface area contributed by atoms with E-state index in [0.29, 0.717) is 24.4 Å². The topological polar surface area (TPSA) is 39.4 Å². The van der Waals surface area contributed by atoms with Crippen molar-refractivity contribution in [3.8, 4) is 5.75 Å². The van der Waals surface area contributed by atoms with Gasteiger partial charge in [-0.25, -0.2) is 4.79 Å². The Morgan fingerprint density at radius 3 is 2.94 bits per heavy atom. The first-order chi connectivity index (χ1) is 7.86. The smallest absolute Gasteiger partial charge is 0.379 e. The van der Waals surface area contributed by atoms with E-state index in [0.717, 1.165) is 10.9 Å². The Hall–Kier alpha value is -2.03. The van der Waals surface area contributed by atoms with Gasteiger partial charge in [0.15, 0.2) is 0 Å². The lowest BCUT2D eigenvalue weighted by molar-refractivity contribution is 0.341. The molecule has 2 heterocycles. The highest BCUT2D eigenvalue weighted by Crippen LogP contribution is 2.26. The van der Waals surface area contributed by atoms with Crippen LogP contribution in [-0.2, 0) is 6.42 Å². The fourth-order valence-corrected chi connectivity index (χ4v) is 1.95. The van der Waals surface area contributed by atoms with E-state index in [9.17, 15) is 4.79 Å². The van der Waals surface area contributed by atoms with Crippen LogP contribution >= 0.6 is 0 Å². The molecule has 0 N–H and O–H groups in total. The highest BCUT2D eigenvalue weighted by Gasteiger charge is 2.15. The summed E-state index contributed by atoms with van der Waals surface area (Å²) in [5.41, 5.74) is 1.14. The molecule has 0 fully saturated rings. The van der Waals surface area contributed by atoms with Crippen molar-refractivity contribution in [3.05, 3.63) is 52.4 Å². The van der Waals surface area contributed by atoms with E-state index in [1.165, 1.54) is 0 Å². The minimum absolute atomic E-state index is 0.351. The molecule has 1 aromatic carbocycles. The second-order valence-corrected chi connectivity index (χ2v) is 3.68. The van der Waals surface area contributed by atoms with E-state index in [-0.39, 0.29) is 0 Å². The molecule has 0 saturated carbocycles. The van der Waals surface area contributed by atoms with Crippen molar-refractivity contribution in [1.82, 2.24) is 0 Å². The molecule has 0 radical (unpaired) electrons. The van der Waals surface area contributed by atoms with Gasteiger partial charge in [0.2, 0.25) is 5.75 Å². The molecule has 0 spiro atoms. The molecule has 80 valence electrons. The fraction of sp³-hybridized carbons (Fsp3) is 0.154. The van der Waals surface area contributed by atoms with E-state index < -0.39 is 5.63 Å². The van der Waals surface area contributed by atoms with Gasteiger partial charge in [0.25, 0.3) is 0 Å². The summed E-state index contributed by atoms with van der Waals surface area (Å²) in [6.07, 6.45) is 4.63. The van der Waals surface area contributed by atoms with Crippen LogP contribution in [0, 0.1) is 0 Å². The molecule has 0 bridgehead atoms. The third-order valence-corrected chi connectivity index (χ3v) is 2.69. The molecule has 1 aromatic heterocycles. The van der Waals surface area contributed by atoms with Crippen LogP contribution in [0.5, 0.6) is 5.75 Å². The number of hydrogen-bond donors (Lipinski definition) is 0. The number of para-hydroxylation sites is 1. The predicted octanol–water partition coefficient (Wildman–Crippen LogP) is 2.28. The van der Waals surface area contributed by atoms with Crippen LogP contribution in [0.15, 0.2) is 45.6 Å². The SMILES string of the molecule is O=c1oc2ccccc2c2c1OCC=CC2. The van der Waals surface area contributed by atoms with Crippen molar-refractivity contribution in [1.29, 1.82) is 0 Å². The van der Waals surface area contributed by atoms with Gasteiger partial charge in [-0.3, -0.25) is 0 Å². The van der Waals surface area contributed by atoms with Gasteiger partial charge < -0.3 is 9.15 Å². The summed E-state index contributed by atoms with van der Waals surface area (Å²) in [5, 5.41) is 0.948. The Kier molecular flexibility index (Phi) is 2.03. The minimum atomic E-state index is -0.391. The normalized spacial score (nSPS) is 14.2. The maximum Gasteiger partial charge on any atom is 0.379 e. The predicted molar refractivity (Wildman–Crippen MR) is 60.8 cm³/mol. The number of hydrogen-bond acceptors (Lipinski definition) is 3. The number of rotatable bonds is 0. The van der Waals surface area contributed by atoms with Crippen LogP contribution in [0.25, 0.3) is 11.0 Å². The van der Waals surface area contributed by atoms with Gasteiger partial charge in [-0.1, -0.05) is 30.4 Å². The molecule has 1 aliphatic heterocycles. The lowest BCUT2D eigenvalue weighted by Gasteiger charge is -2.07. The fourth-order valence-electron chi connectivity index (χ4n) is 1.95. The first kappa shape index (κ1) is 9.21. The van der Waals surface area contributed by atoms with Crippen molar-refractivity contribution in [2.24, 2.45) is 0 Å². The monoisotopic (exact) mass is 214 g/mol. The molecule has 3 rings (SSSR count). The van der Waals surface area contributed by atoms with Crippen LogP contribution in [0.2, 0.25) is 0 Å². The summed E-state index contributed by atoms with van der Waals surface area (Å²) in [6.45, 7) is 0.427. The summed E-state index contributed by atoms with van der Waals surface area (Å²) in [5.74, 6) is 0.351. The Bertz CT molecular complexity index is 623. The van der Waals surface area contributed by atoms with Gasteiger partial charge in [-0.2, -0.15) is 0 Å². The Morgan fingerprint density at radius 2 is 2.00 bits per heavy atom. The number of benzene rings is 1. The zero-order chi connectivity index (χ0) is 11.0. The maximum atomic E-state index is 11.7. The molecule has 16 heavy (non-hydrogen) atoms. The minimum Gasteiger partial charge on any atom is -0.482 e. The Balaban J connectivity index is 2.41. The third-order valence-electron chi connectivity index (χ3n) is 2.69. The van der Waals surface area contributed by atoms with Crippen molar-refractivity contribution in [3.63, 3.8) is 0 Å². The number of fused-ring (bicyclic) bond motifs is 3. The first-order valence-electron chi connectivity index (χ1n) is 5.19. The Morgan fingerprint density at radius 1 is 1.12 bits per heavy atom. The summed E-state index contributed by atoms with van der Waals surface area (Å²) >= 11 is 0. The summed E-state index contributed by atoms with van der Waals surface area (Å²) in [4.78, 5) is 11.7. The van der Waals surface area contributed by atoms with Crippen LogP contribution in [0.1, 0.15) is 5.56 Å². The Labute approximate surface area is 92.0 Å². The average Bonchev–Trinajstić information content (AvgIpc) is 2.55. The summed E-state index contributed by atoms with van der Waals surface area (Å²) < 4.78 is 10.6. The van der Waals surface area contributed by atoms with Gasteiger partial charge in [0.1, 0.15) is 12.2 Å². The van der Waals surface area contributed by atoms with E-state index in [1.807, 2.05) is 30.4 Å². The molecular formula is C13H10O3. The third kappa shape index (κ3) is 1.33. The van der Waals surface area contributed by atoms with Crippen molar-refractivity contribution >= 4 is 11.0 Å². The molecule has 1 aliphatic rings. The quantitative estimate of drug-likeness (QED) is 0.499. The zero-order valence-electron chi connectivity index (χ0n) is 8.60. The summed E-state index contributed by atoms with van der Waals surface area (Å²) in [7, 11) is 0. The van der Waals surface area contributed by atoms with Crippen LogP contribution in [0.4, 0.5) is 0 Å². The lowest BCUT2D eigenvalue weighted by Crippen LogP contribution is -2.09. The lowest BCUT2D eigenvalue weighted by atomic mass is 10.1. The van der Waals surface area contributed by atoms with Crippen LogP contribution in [0.3, 0.4) is 0 Å². The standard InChI is InChI=1S/C13H10O3/c14-13-12-10(6-3-4-8-15-12)9-5-1-2-7-11(9)16-13/h1-5,7H,6,8H2. The molecular weight excluding hydrogens is 204 g/mol. The second-order valence-electron chi connectivity index (χ2n) is 3.68. The molecule has 2 aromatic rings. The van der Waals surface area contributed by atoms with Gasteiger partial charge in [-0.05, 0) is 12.5 Å². The van der Waals surface area contributed by atoms with Crippen LogP contribution in [-0.4, -0.2) is 6.61 Å². The molecule has 0 saturated heterocycles. The van der Waals surface area contributed by atoms with Crippen LogP contribution < -0.4 is 10.4 Å². The van der Waals surface area contributed by atoms with Gasteiger partial charge in [0, 0.05) is 10.9 Å². The summed E-state index contributed by atoms with van der Waals surface area (Å²) in [6, 6.07) is 7.52. The van der Waals surface area contributed by atoms with Gasteiger partial charge in [0.05, 0.1) is 0 Å². The highest BCUT2D eigenvalue weighted by molar-refractivity contribution is 5.82. The first-order valence-corrected chi connectivity index (χ1v) is 5.19. The second kappa shape index (κ2) is 3.52. The van der Waals surface area contributed by atoms with Crippen molar-refractivity contribution in [2.75, 3.05) is 6.61 Å². The van der Waals surface area contributed by atoms with Crippen molar-refractivity contribution < 1.29 is 9.15 Å². The number of allylic oxidation sites excluding steroid dienone is 1. The molecule has 3 heteroatoms. The van der Waals surface area contributed by atoms with E-state index in [1.54, 1.807) is 6.07 Å². The largest absolute Gasteiger partial charge is 0.482 e.